The SMILES string of the molecule is C=Cc1cc(C2CCC3C2(C)CC=C2C=C4CCCCC45CC[C@@]23O5)ccc1/C=C\C. The van der Waals surface area contributed by atoms with Crippen molar-refractivity contribution in [3.63, 3.8) is 0 Å². The average molecular weight is 413 g/mol. The highest BCUT2D eigenvalue weighted by Gasteiger charge is 2.66. The van der Waals surface area contributed by atoms with E-state index in [1.54, 1.807) is 5.57 Å². The number of allylic oxidation sites excluding steroid dienone is 2. The standard InChI is InChI=1S/C30H36O/c1-4-8-22-10-11-23(19-21(22)5-2)26-12-13-27-28(26,3)16-14-25-20-24-9-6-7-15-29(24)17-18-30(25,27)31-29/h4-5,8,10-11,14,19-20,26-27H,2,6-7,9,12-13,15-18H2,1,3H3/b8-4-/t26?,27?,28?,29?,30-/m1/s1. The lowest BCUT2D eigenvalue weighted by Crippen LogP contribution is -2.53. The van der Waals surface area contributed by atoms with E-state index in [4.69, 9.17) is 4.74 Å². The highest BCUT2D eigenvalue weighted by molar-refractivity contribution is 5.65. The maximum atomic E-state index is 7.28. The highest BCUT2D eigenvalue weighted by atomic mass is 16.5. The number of rotatable bonds is 3. The number of fused-ring (bicyclic) bond motifs is 1. The predicted octanol–water partition coefficient (Wildman–Crippen LogP) is 7.99. The smallest absolute Gasteiger partial charge is 0.0974 e. The molecule has 1 aromatic carbocycles. The van der Waals surface area contributed by atoms with E-state index < -0.39 is 0 Å². The molecule has 5 atom stereocenters. The van der Waals surface area contributed by atoms with Crippen molar-refractivity contribution in [2.45, 2.75) is 88.8 Å². The molecule has 3 fully saturated rings. The van der Waals surface area contributed by atoms with Gasteiger partial charge in [-0.05, 0) is 110 Å². The molecular formula is C30H36O. The van der Waals surface area contributed by atoms with Crippen molar-refractivity contribution >= 4 is 12.2 Å². The zero-order valence-electron chi connectivity index (χ0n) is 19.3. The minimum Gasteiger partial charge on any atom is -0.359 e. The molecule has 0 amide bonds. The van der Waals surface area contributed by atoms with Gasteiger partial charge < -0.3 is 4.74 Å². The lowest BCUT2D eigenvalue weighted by atomic mass is 9.58. The molecule has 0 aromatic heterocycles. The van der Waals surface area contributed by atoms with Gasteiger partial charge in [-0.1, -0.05) is 62.1 Å². The van der Waals surface area contributed by atoms with E-state index in [0.717, 1.165) is 0 Å². The van der Waals surface area contributed by atoms with Gasteiger partial charge in [-0.3, -0.25) is 0 Å². The Hall–Kier alpha value is -1.86. The number of benzene rings is 1. The molecule has 162 valence electrons. The second-order valence-corrected chi connectivity index (χ2v) is 11.0. The molecular weight excluding hydrogens is 376 g/mol. The molecule has 2 heterocycles. The fourth-order valence-corrected chi connectivity index (χ4v) is 8.23. The molecule has 0 radical (unpaired) electrons. The Kier molecular flexibility index (Phi) is 4.35. The molecule has 2 aliphatic heterocycles. The Bertz CT molecular complexity index is 1020. The molecule has 0 N–H and O–H groups in total. The quantitative estimate of drug-likeness (QED) is 0.489. The zero-order chi connectivity index (χ0) is 21.3. The second kappa shape index (κ2) is 6.82. The monoisotopic (exact) mass is 412 g/mol. The van der Waals surface area contributed by atoms with Crippen LogP contribution in [0, 0.1) is 11.3 Å². The van der Waals surface area contributed by atoms with Gasteiger partial charge in [0, 0.05) is 0 Å². The summed E-state index contributed by atoms with van der Waals surface area (Å²) in [5, 5.41) is 0. The molecule has 2 saturated carbocycles. The van der Waals surface area contributed by atoms with Crippen LogP contribution in [0.5, 0.6) is 0 Å². The molecule has 4 unspecified atom stereocenters. The van der Waals surface area contributed by atoms with Crippen LogP contribution < -0.4 is 0 Å². The van der Waals surface area contributed by atoms with Crippen LogP contribution in [-0.2, 0) is 4.74 Å². The molecule has 5 aliphatic rings. The summed E-state index contributed by atoms with van der Waals surface area (Å²) in [6, 6.07) is 7.09. The van der Waals surface area contributed by atoms with E-state index >= 15 is 0 Å². The summed E-state index contributed by atoms with van der Waals surface area (Å²) in [5.74, 6) is 1.23. The van der Waals surface area contributed by atoms with Crippen LogP contribution in [0.15, 0.2) is 54.2 Å². The maximum absolute atomic E-state index is 7.28. The van der Waals surface area contributed by atoms with Gasteiger partial charge in [0.05, 0.1) is 11.2 Å². The average Bonchev–Trinajstić information content (AvgIpc) is 3.29. The van der Waals surface area contributed by atoms with E-state index in [-0.39, 0.29) is 16.6 Å². The Balaban J connectivity index is 1.40. The van der Waals surface area contributed by atoms with Crippen molar-refractivity contribution in [2.24, 2.45) is 11.3 Å². The van der Waals surface area contributed by atoms with Crippen LogP contribution in [0.1, 0.15) is 94.2 Å². The number of ether oxygens (including phenoxy) is 1. The maximum Gasteiger partial charge on any atom is 0.0974 e. The third-order valence-corrected chi connectivity index (χ3v) is 9.70. The molecule has 2 spiro atoms. The minimum atomic E-state index is -0.0191. The molecule has 6 rings (SSSR count). The molecule has 1 saturated heterocycles. The fraction of sp³-hybridized carbons (Fsp3) is 0.533. The normalized spacial score (nSPS) is 40.7. The lowest BCUT2D eigenvalue weighted by Gasteiger charge is -2.54. The zero-order valence-corrected chi connectivity index (χ0v) is 19.3. The van der Waals surface area contributed by atoms with Gasteiger partial charge in [-0.2, -0.15) is 0 Å². The number of hydrogen-bond acceptors (Lipinski definition) is 1. The van der Waals surface area contributed by atoms with Crippen LogP contribution >= 0.6 is 0 Å². The summed E-state index contributed by atoms with van der Waals surface area (Å²) in [6.07, 6.45) is 22.9. The first kappa shape index (κ1) is 19.8. The minimum absolute atomic E-state index is 0.0191. The Morgan fingerprint density at radius 3 is 2.84 bits per heavy atom. The summed E-state index contributed by atoms with van der Waals surface area (Å²) in [6.45, 7) is 8.74. The molecule has 1 aromatic rings. The van der Waals surface area contributed by atoms with Crippen LogP contribution in [0.25, 0.3) is 12.2 Å². The van der Waals surface area contributed by atoms with Gasteiger partial charge in [-0.15, -0.1) is 0 Å². The lowest BCUT2D eigenvalue weighted by molar-refractivity contribution is -0.133. The third-order valence-electron chi connectivity index (χ3n) is 9.70. The highest BCUT2D eigenvalue weighted by Crippen LogP contribution is 2.69. The van der Waals surface area contributed by atoms with E-state index in [2.05, 4.69) is 62.9 Å². The van der Waals surface area contributed by atoms with Gasteiger partial charge in [-0.25, -0.2) is 0 Å². The van der Waals surface area contributed by atoms with Crippen molar-refractivity contribution in [3.8, 4) is 0 Å². The molecule has 1 nitrogen and oxygen atoms in total. The largest absolute Gasteiger partial charge is 0.359 e. The van der Waals surface area contributed by atoms with Crippen LogP contribution in [0.3, 0.4) is 0 Å². The van der Waals surface area contributed by atoms with Crippen molar-refractivity contribution in [2.75, 3.05) is 0 Å². The van der Waals surface area contributed by atoms with Crippen LogP contribution in [-0.4, -0.2) is 11.2 Å². The van der Waals surface area contributed by atoms with Gasteiger partial charge in [0.25, 0.3) is 0 Å². The molecule has 1 heteroatoms. The predicted molar refractivity (Wildman–Crippen MR) is 130 cm³/mol. The molecule has 31 heavy (non-hydrogen) atoms. The van der Waals surface area contributed by atoms with Gasteiger partial charge in [0.15, 0.2) is 0 Å². The summed E-state index contributed by atoms with van der Waals surface area (Å²) < 4.78 is 7.28. The van der Waals surface area contributed by atoms with Crippen molar-refractivity contribution in [1.82, 2.24) is 0 Å². The summed E-state index contributed by atoms with van der Waals surface area (Å²) in [7, 11) is 0. The van der Waals surface area contributed by atoms with Crippen LogP contribution in [0.2, 0.25) is 0 Å². The topological polar surface area (TPSA) is 9.23 Å². The third kappa shape index (κ3) is 2.59. The first-order chi connectivity index (χ1) is 15.0. The van der Waals surface area contributed by atoms with E-state index in [9.17, 15) is 0 Å². The number of hydrogen-bond donors (Lipinski definition) is 0. The Morgan fingerprint density at radius 1 is 1.10 bits per heavy atom. The fourth-order valence-electron chi connectivity index (χ4n) is 8.23. The Morgan fingerprint density at radius 2 is 2.00 bits per heavy atom. The first-order valence-corrected chi connectivity index (χ1v) is 12.6. The summed E-state index contributed by atoms with van der Waals surface area (Å²) in [4.78, 5) is 0. The van der Waals surface area contributed by atoms with Crippen molar-refractivity contribution < 1.29 is 4.74 Å². The molecule has 3 aliphatic carbocycles. The van der Waals surface area contributed by atoms with E-state index in [1.807, 2.05) is 6.08 Å². The van der Waals surface area contributed by atoms with Gasteiger partial charge in [0.2, 0.25) is 0 Å². The second-order valence-electron chi connectivity index (χ2n) is 11.0. The van der Waals surface area contributed by atoms with Gasteiger partial charge in [0.1, 0.15) is 0 Å². The Labute approximate surface area is 188 Å². The van der Waals surface area contributed by atoms with Crippen LogP contribution in [0.4, 0.5) is 0 Å². The summed E-state index contributed by atoms with van der Waals surface area (Å²) in [5.41, 5.74) is 7.52. The van der Waals surface area contributed by atoms with E-state index in [0.29, 0.717) is 11.8 Å². The summed E-state index contributed by atoms with van der Waals surface area (Å²) >= 11 is 0. The van der Waals surface area contributed by atoms with E-state index in [1.165, 1.54) is 80.1 Å². The van der Waals surface area contributed by atoms with Crippen molar-refractivity contribution in [1.29, 1.82) is 0 Å². The molecule has 2 bridgehead atoms. The van der Waals surface area contributed by atoms with Crippen molar-refractivity contribution in [3.05, 3.63) is 70.8 Å². The van der Waals surface area contributed by atoms with Gasteiger partial charge >= 0.3 is 0 Å². The first-order valence-electron chi connectivity index (χ1n) is 12.6.